The summed E-state index contributed by atoms with van der Waals surface area (Å²) in [6.45, 7) is 4.29. The van der Waals surface area contributed by atoms with Gasteiger partial charge in [0.15, 0.2) is 0 Å². The predicted octanol–water partition coefficient (Wildman–Crippen LogP) is 3.97. The maximum atomic E-state index is 6.17. The van der Waals surface area contributed by atoms with Gasteiger partial charge in [0, 0.05) is 47.5 Å². The molecule has 0 spiro atoms. The topological polar surface area (TPSA) is 59.1 Å². The molecule has 0 aliphatic carbocycles. The standard InChI is InChI=1S/C21H22ClN5/c1-15(23)21-19-8-3-16(14-26-11-2-9-25-26)13-20(19)27(12-10-24-21)18-6-4-17(22)5-7-18/h2-9,11,13,24H,10,12,14,23H2,1H3/b21-15-. The van der Waals surface area contributed by atoms with Gasteiger partial charge in [-0.15, -0.1) is 0 Å². The van der Waals surface area contributed by atoms with Crippen LogP contribution >= 0.6 is 11.6 Å². The Balaban J connectivity index is 1.81. The summed E-state index contributed by atoms with van der Waals surface area (Å²) in [5.41, 5.74) is 12.5. The van der Waals surface area contributed by atoms with Crippen LogP contribution in [0.3, 0.4) is 0 Å². The van der Waals surface area contributed by atoms with Crippen LogP contribution in [-0.2, 0) is 6.54 Å². The normalized spacial score (nSPS) is 15.7. The maximum Gasteiger partial charge on any atom is 0.0660 e. The van der Waals surface area contributed by atoms with E-state index in [1.165, 1.54) is 5.56 Å². The van der Waals surface area contributed by atoms with E-state index in [1.54, 1.807) is 6.20 Å². The van der Waals surface area contributed by atoms with Crippen LogP contribution in [-0.4, -0.2) is 22.9 Å². The first-order valence-corrected chi connectivity index (χ1v) is 9.33. The summed E-state index contributed by atoms with van der Waals surface area (Å²) < 4.78 is 1.92. The molecule has 27 heavy (non-hydrogen) atoms. The molecule has 138 valence electrons. The van der Waals surface area contributed by atoms with Crippen LogP contribution in [0.15, 0.2) is 66.6 Å². The first-order chi connectivity index (χ1) is 13.1. The average molecular weight is 380 g/mol. The molecule has 0 unspecified atom stereocenters. The van der Waals surface area contributed by atoms with E-state index in [1.807, 2.05) is 36.0 Å². The number of benzene rings is 2. The minimum absolute atomic E-state index is 0.725. The van der Waals surface area contributed by atoms with Crippen molar-refractivity contribution in [1.29, 1.82) is 0 Å². The molecule has 1 aliphatic rings. The van der Waals surface area contributed by atoms with Gasteiger partial charge in [-0.05, 0) is 48.9 Å². The molecule has 3 N–H and O–H groups in total. The summed E-state index contributed by atoms with van der Waals surface area (Å²) >= 11 is 6.09. The zero-order valence-corrected chi connectivity index (χ0v) is 15.9. The quantitative estimate of drug-likeness (QED) is 0.722. The predicted molar refractivity (Wildman–Crippen MR) is 111 cm³/mol. The van der Waals surface area contributed by atoms with Gasteiger partial charge in [-0.3, -0.25) is 4.68 Å². The number of hydrogen-bond acceptors (Lipinski definition) is 4. The number of allylic oxidation sites excluding steroid dienone is 1. The van der Waals surface area contributed by atoms with Gasteiger partial charge in [0.2, 0.25) is 0 Å². The highest BCUT2D eigenvalue weighted by Gasteiger charge is 2.21. The third kappa shape index (κ3) is 3.64. The second-order valence-electron chi connectivity index (χ2n) is 6.67. The Morgan fingerprint density at radius 1 is 1.22 bits per heavy atom. The van der Waals surface area contributed by atoms with Crippen molar-refractivity contribution in [1.82, 2.24) is 15.1 Å². The molecule has 2 aromatic carbocycles. The van der Waals surface area contributed by atoms with Crippen LogP contribution in [0.5, 0.6) is 0 Å². The fourth-order valence-electron chi connectivity index (χ4n) is 3.44. The molecule has 3 aromatic rings. The Bertz CT molecular complexity index is 957. The maximum absolute atomic E-state index is 6.17. The molecule has 0 atom stereocenters. The molecular weight excluding hydrogens is 358 g/mol. The fraction of sp³-hybridized carbons (Fsp3) is 0.190. The van der Waals surface area contributed by atoms with Crippen molar-refractivity contribution in [2.24, 2.45) is 5.73 Å². The van der Waals surface area contributed by atoms with E-state index < -0.39 is 0 Å². The number of aromatic nitrogens is 2. The molecule has 0 bridgehead atoms. The lowest BCUT2D eigenvalue weighted by Gasteiger charge is -2.25. The van der Waals surface area contributed by atoms with Crippen molar-refractivity contribution in [2.45, 2.75) is 13.5 Å². The summed E-state index contributed by atoms with van der Waals surface area (Å²) in [5.74, 6) is 0. The molecule has 1 aromatic heterocycles. The van der Waals surface area contributed by atoms with E-state index in [0.717, 1.165) is 53.0 Å². The highest BCUT2D eigenvalue weighted by atomic mass is 35.5. The first kappa shape index (κ1) is 17.5. The van der Waals surface area contributed by atoms with Crippen LogP contribution in [0, 0.1) is 0 Å². The summed E-state index contributed by atoms with van der Waals surface area (Å²) in [5, 5.41) is 8.54. The molecule has 0 fully saturated rings. The smallest absolute Gasteiger partial charge is 0.0660 e. The van der Waals surface area contributed by atoms with Gasteiger partial charge in [0.05, 0.1) is 17.9 Å². The second kappa shape index (κ2) is 7.37. The van der Waals surface area contributed by atoms with E-state index in [0.29, 0.717) is 0 Å². The lowest BCUT2D eigenvalue weighted by molar-refractivity contribution is 0.687. The van der Waals surface area contributed by atoms with Gasteiger partial charge in [0.1, 0.15) is 0 Å². The Morgan fingerprint density at radius 2 is 2.04 bits per heavy atom. The van der Waals surface area contributed by atoms with Gasteiger partial charge in [-0.25, -0.2) is 0 Å². The summed E-state index contributed by atoms with van der Waals surface area (Å²) in [6, 6.07) is 16.4. The highest BCUT2D eigenvalue weighted by Crippen LogP contribution is 2.35. The molecule has 4 rings (SSSR count). The summed E-state index contributed by atoms with van der Waals surface area (Å²) in [6.07, 6.45) is 3.77. The fourth-order valence-corrected chi connectivity index (χ4v) is 3.57. The lowest BCUT2D eigenvalue weighted by Crippen LogP contribution is -2.24. The van der Waals surface area contributed by atoms with Crippen molar-refractivity contribution in [3.05, 3.63) is 82.8 Å². The van der Waals surface area contributed by atoms with Crippen molar-refractivity contribution in [3.63, 3.8) is 0 Å². The Kier molecular flexibility index (Phi) is 4.77. The van der Waals surface area contributed by atoms with Gasteiger partial charge in [-0.1, -0.05) is 23.7 Å². The minimum atomic E-state index is 0.725. The Hall–Kier alpha value is -2.92. The second-order valence-corrected chi connectivity index (χ2v) is 7.10. The van der Waals surface area contributed by atoms with E-state index in [2.05, 4.69) is 45.6 Å². The number of fused-ring (bicyclic) bond motifs is 1. The van der Waals surface area contributed by atoms with Gasteiger partial charge in [0.25, 0.3) is 0 Å². The van der Waals surface area contributed by atoms with E-state index in [9.17, 15) is 0 Å². The largest absolute Gasteiger partial charge is 0.401 e. The molecular formula is C21H22ClN5. The van der Waals surface area contributed by atoms with Crippen molar-refractivity contribution < 1.29 is 0 Å². The molecule has 0 saturated heterocycles. The number of nitrogens with zero attached hydrogens (tertiary/aromatic N) is 3. The van der Waals surface area contributed by atoms with Crippen LogP contribution in [0.25, 0.3) is 5.70 Å². The van der Waals surface area contributed by atoms with Gasteiger partial charge < -0.3 is 16.0 Å². The lowest BCUT2D eigenvalue weighted by atomic mass is 10.0. The zero-order chi connectivity index (χ0) is 18.8. The monoisotopic (exact) mass is 379 g/mol. The number of hydrogen-bond donors (Lipinski definition) is 2. The van der Waals surface area contributed by atoms with E-state index >= 15 is 0 Å². The third-order valence-electron chi connectivity index (χ3n) is 4.70. The number of rotatable bonds is 3. The number of nitrogens with one attached hydrogen (secondary N) is 1. The van der Waals surface area contributed by atoms with Gasteiger partial charge >= 0.3 is 0 Å². The van der Waals surface area contributed by atoms with Crippen LogP contribution in [0.1, 0.15) is 18.1 Å². The highest BCUT2D eigenvalue weighted by molar-refractivity contribution is 6.30. The summed E-state index contributed by atoms with van der Waals surface area (Å²) in [4.78, 5) is 2.31. The molecule has 2 heterocycles. The third-order valence-corrected chi connectivity index (χ3v) is 4.95. The van der Waals surface area contributed by atoms with Crippen molar-refractivity contribution in [2.75, 3.05) is 18.0 Å². The van der Waals surface area contributed by atoms with E-state index in [4.69, 9.17) is 17.3 Å². The Morgan fingerprint density at radius 3 is 2.74 bits per heavy atom. The zero-order valence-electron chi connectivity index (χ0n) is 15.2. The van der Waals surface area contributed by atoms with Crippen molar-refractivity contribution >= 4 is 28.7 Å². The molecule has 5 nitrogen and oxygen atoms in total. The average Bonchev–Trinajstić information content (AvgIpc) is 3.08. The van der Waals surface area contributed by atoms with Crippen LogP contribution < -0.4 is 16.0 Å². The van der Waals surface area contributed by atoms with Gasteiger partial charge in [-0.2, -0.15) is 5.10 Å². The number of anilines is 2. The first-order valence-electron chi connectivity index (χ1n) is 8.96. The summed E-state index contributed by atoms with van der Waals surface area (Å²) in [7, 11) is 0. The SMILES string of the molecule is C/C(N)=C1/NCCN(c2ccc(Cl)cc2)c2cc(Cn3cccn3)ccc21. The Labute approximate surface area is 164 Å². The van der Waals surface area contributed by atoms with Crippen LogP contribution in [0.4, 0.5) is 11.4 Å². The molecule has 0 radical (unpaired) electrons. The van der Waals surface area contributed by atoms with Crippen molar-refractivity contribution in [3.8, 4) is 0 Å². The molecule has 0 saturated carbocycles. The molecule has 1 aliphatic heterocycles. The molecule has 6 heteroatoms. The number of nitrogens with two attached hydrogens (primary N) is 1. The van der Waals surface area contributed by atoms with E-state index in [-0.39, 0.29) is 0 Å². The number of halogens is 1. The van der Waals surface area contributed by atoms with Crippen LogP contribution in [0.2, 0.25) is 5.02 Å². The molecule has 0 amide bonds. The minimum Gasteiger partial charge on any atom is -0.401 e.